The molecular formula is C23H22N2O5. The molecule has 2 aromatic heterocycles. The lowest BCUT2D eigenvalue weighted by molar-refractivity contribution is -0.172. The molecule has 0 spiro atoms. The van der Waals surface area contributed by atoms with Crippen LogP contribution in [0.25, 0.3) is 22.3 Å². The van der Waals surface area contributed by atoms with E-state index in [0.717, 1.165) is 16.5 Å². The number of carbonyl (C=O) groups is 1. The number of pyridine rings is 2. The van der Waals surface area contributed by atoms with Gasteiger partial charge in [-0.1, -0.05) is 25.1 Å². The molecule has 0 amide bonds. The quantitative estimate of drug-likeness (QED) is 0.673. The molecule has 154 valence electrons. The lowest BCUT2D eigenvalue weighted by Gasteiger charge is -2.32. The van der Waals surface area contributed by atoms with Crippen molar-refractivity contribution in [3.8, 4) is 11.4 Å². The second kappa shape index (κ2) is 6.48. The number of nitrogens with zero attached hydrogens (tertiary/aromatic N) is 2. The first kappa shape index (κ1) is 19.0. The van der Waals surface area contributed by atoms with Gasteiger partial charge in [-0.2, -0.15) is 0 Å². The third-order valence-electron chi connectivity index (χ3n) is 5.88. The Hall–Kier alpha value is -3.03. The first-order valence-corrected chi connectivity index (χ1v) is 10.1. The monoisotopic (exact) mass is 406 g/mol. The van der Waals surface area contributed by atoms with Gasteiger partial charge in [-0.15, -0.1) is 0 Å². The molecule has 1 aromatic carbocycles. The van der Waals surface area contributed by atoms with Crippen molar-refractivity contribution in [1.82, 2.24) is 9.55 Å². The summed E-state index contributed by atoms with van der Waals surface area (Å²) in [6.45, 7) is 5.34. The maximum absolute atomic E-state index is 13.5. The minimum absolute atomic E-state index is 0.103. The van der Waals surface area contributed by atoms with Gasteiger partial charge >= 0.3 is 5.97 Å². The minimum Gasteiger partial charge on any atom is -0.458 e. The summed E-state index contributed by atoms with van der Waals surface area (Å²) >= 11 is 0. The summed E-state index contributed by atoms with van der Waals surface area (Å²) in [4.78, 5) is 30.7. The van der Waals surface area contributed by atoms with Crippen molar-refractivity contribution in [2.45, 2.75) is 51.7 Å². The highest BCUT2D eigenvalue weighted by Crippen LogP contribution is 2.43. The Balaban J connectivity index is 1.84. The van der Waals surface area contributed by atoms with Crippen LogP contribution < -0.4 is 5.56 Å². The van der Waals surface area contributed by atoms with E-state index in [1.165, 1.54) is 0 Å². The molecule has 1 unspecified atom stereocenters. The fourth-order valence-corrected chi connectivity index (χ4v) is 4.35. The molecule has 0 saturated heterocycles. The molecule has 1 N–H and O–H groups in total. The average molecular weight is 406 g/mol. The maximum atomic E-state index is 13.5. The molecule has 2 atom stereocenters. The van der Waals surface area contributed by atoms with E-state index in [1.807, 2.05) is 44.2 Å². The highest BCUT2D eigenvalue weighted by Gasteiger charge is 2.46. The van der Waals surface area contributed by atoms with Crippen molar-refractivity contribution in [3.05, 3.63) is 63.4 Å². The van der Waals surface area contributed by atoms with Crippen LogP contribution in [-0.4, -0.2) is 26.7 Å². The first-order chi connectivity index (χ1) is 14.3. The summed E-state index contributed by atoms with van der Waals surface area (Å²) < 4.78 is 12.8. The summed E-state index contributed by atoms with van der Waals surface area (Å²) in [6, 6.07) is 11.4. The number of fused-ring (bicyclic) bond motifs is 5. The Bertz CT molecular complexity index is 1260. The molecule has 0 saturated carbocycles. The standard InChI is InChI=1S/C23H22N2O5/c1-4-23(28)16-10-18-19-14(9-13-7-5-6-8-17(13)24-19)21(30-12(2)3)25(18)20(26)15(16)11-29-22(23)27/h5-10,12,21,28H,4,11H2,1-3H3/t21?,23-/m0/s1. The largest absolute Gasteiger partial charge is 0.458 e. The number of rotatable bonds is 3. The number of carbonyl (C=O) groups excluding carboxylic acids is 1. The lowest BCUT2D eigenvalue weighted by atomic mass is 9.86. The second-order valence-corrected chi connectivity index (χ2v) is 8.04. The Labute approximate surface area is 172 Å². The molecule has 2 aliphatic rings. The van der Waals surface area contributed by atoms with Crippen molar-refractivity contribution >= 4 is 16.9 Å². The molecule has 3 aromatic rings. The van der Waals surface area contributed by atoms with Crippen LogP contribution in [0.3, 0.4) is 0 Å². The van der Waals surface area contributed by atoms with Crippen LogP contribution in [0.2, 0.25) is 0 Å². The third-order valence-corrected chi connectivity index (χ3v) is 5.88. The summed E-state index contributed by atoms with van der Waals surface area (Å²) in [5, 5.41) is 12.0. The third kappa shape index (κ3) is 2.49. The van der Waals surface area contributed by atoms with Crippen molar-refractivity contribution in [3.63, 3.8) is 0 Å². The summed E-state index contributed by atoms with van der Waals surface area (Å²) in [5.74, 6) is -0.735. The molecule has 30 heavy (non-hydrogen) atoms. The normalized spacial score (nSPS) is 22.0. The van der Waals surface area contributed by atoms with E-state index in [0.29, 0.717) is 17.0 Å². The van der Waals surface area contributed by atoms with Gasteiger partial charge in [0.2, 0.25) is 0 Å². The highest BCUT2D eigenvalue weighted by atomic mass is 16.6. The van der Waals surface area contributed by atoms with E-state index in [4.69, 9.17) is 14.5 Å². The molecule has 0 fully saturated rings. The van der Waals surface area contributed by atoms with Crippen LogP contribution in [0.4, 0.5) is 0 Å². The van der Waals surface area contributed by atoms with Crippen LogP contribution in [0.15, 0.2) is 41.2 Å². The number of ether oxygens (including phenoxy) is 2. The molecule has 7 nitrogen and oxygen atoms in total. The van der Waals surface area contributed by atoms with Gasteiger partial charge in [-0.3, -0.25) is 9.36 Å². The number of cyclic esters (lactones) is 1. The van der Waals surface area contributed by atoms with Gasteiger partial charge in [0, 0.05) is 16.5 Å². The molecule has 0 bridgehead atoms. The van der Waals surface area contributed by atoms with Gasteiger partial charge in [0.05, 0.1) is 28.6 Å². The van der Waals surface area contributed by atoms with E-state index in [9.17, 15) is 14.7 Å². The van der Waals surface area contributed by atoms with Crippen LogP contribution in [0.5, 0.6) is 0 Å². The Morgan fingerprint density at radius 1 is 1.30 bits per heavy atom. The molecule has 0 aliphatic carbocycles. The van der Waals surface area contributed by atoms with Crippen LogP contribution in [0, 0.1) is 0 Å². The maximum Gasteiger partial charge on any atom is 0.343 e. The van der Waals surface area contributed by atoms with E-state index >= 15 is 0 Å². The molecule has 7 heteroatoms. The van der Waals surface area contributed by atoms with Crippen molar-refractivity contribution in [2.24, 2.45) is 0 Å². The van der Waals surface area contributed by atoms with Crippen molar-refractivity contribution in [1.29, 1.82) is 0 Å². The van der Waals surface area contributed by atoms with Crippen molar-refractivity contribution < 1.29 is 19.4 Å². The zero-order valence-corrected chi connectivity index (χ0v) is 17.0. The average Bonchev–Trinajstić information content (AvgIpc) is 3.02. The van der Waals surface area contributed by atoms with Gasteiger partial charge in [0.15, 0.2) is 11.8 Å². The van der Waals surface area contributed by atoms with E-state index < -0.39 is 17.8 Å². The SMILES string of the molecule is CC[C@@]1(O)C(=O)OCc2c1cc1n(c2=O)C(OC(C)C)c2cc3ccccc3nc2-1. The number of aliphatic hydroxyl groups is 1. The molecular weight excluding hydrogens is 384 g/mol. The minimum atomic E-state index is -1.85. The zero-order valence-electron chi connectivity index (χ0n) is 17.0. The lowest BCUT2D eigenvalue weighted by Crippen LogP contribution is -2.44. The van der Waals surface area contributed by atoms with E-state index in [-0.39, 0.29) is 30.3 Å². The van der Waals surface area contributed by atoms with Gasteiger partial charge in [-0.25, -0.2) is 9.78 Å². The Morgan fingerprint density at radius 3 is 2.80 bits per heavy atom. The van der Waals surface area contributed by atoms with Crippen molar-refractivity contribution in [2.75, 3.05) is 0 Å². The van der Waals surface area contributed by atoms with Gasteiger partial charge < -0.3 is 14.6 Å². The molecule has 4 heterocycles. The predicted octanol–water partition coefficient (Wildman–Crippen LogP) is 3.00. The van der Waals surface area contributed by atoms with Gasteiger partial charge in [-0.05, 0) is 38.5 Å². The predicted molar refractivity (Wildman–Crippen MR) is 110 cm³/mol. The number of esters is 1. The second-order valence-electron chi connectivity index (χ2n) is 8.04. The summed E-state index contributed by atoms with van der Waals surface area (Å²) in [6.07, 6.45) is -0.670. The molecule has 2 aliphatic heterocycles. The van der Waals surface area contributed by atoms with Crippen LogP contribution in [-0.2, 0) is 26.5 Å². The topological polar surface area (TPSA) is 90.7 Å². The number of benzene rings is 1. The van der Waals surface area contributed by atoms with Crippen LogP contribution in [0.1, 0.15) is 50.1 Å². The number of aromatic nitrogens is 2. The van der Waals surface area contributed by atoms with Gasteiger partial charge in [0.25, 0.3) is 5.56 Å². The first-order valence-electron chi connectivity index (χ1n) is 10.1. The van der Waals surface area contributed by atoms with E-state index in [2.05, 4.69) is 0 Å². The zero-order chi connectivity index (χ0) is 21.2. The molecule has 0 radical (unpaired) electrons. The fourth-order valence-electron chi connectivity index (χ4n) is 4.35. The fraction of sp³-hybridized carbons (Fsp3) is 0.348. The summed E-state index contributed by atoms with van der Waals surface area (Å²) in [5.41, 5.74) is 1.12. The Kier molecular flexibility index (Phi) is 4.10. The number of hydrogen-bond acceptors (Lipinski definition) is 6. The smallest absolute Gasteiger partial charge is 0.343 e. The summed E-state index contributed by atoms with van der Waals surface area (Å²) in [7, 11) is 0. The highest BCUT2D eigenvalue weighted by molar-refractivity contribution is 5.86. The number of para-hydroxylation sites is 1. The number of hydrogen-bond donors (Lipinski definition) is 1. The van der Waals surface area contributed by atoms with E-state index in [1.54, 1.807) is 17.6 Å². The molecule has 5 rings (SSSR count). The Morgan fingerprint density at radius 2 is 2.07 bits per heavy atom. The van der Waals surface area contributed by atoms with Gasteiger partial charge in [0.1, 0.15) is 6.61 Å². The van der Waals surface area contributed by atoms with Crippen LogP contribution >= 0.6 is 0 Å².